The summed E-state index contributed by atoms with van der Waals surface area (Å²) < 4.78 is 5.55. The third kappa shape index (κ3) is 5.38. The number of nitrogens with zero attached hydrogens (tertiary/aromatic N) is 4. The summed E-state index contributed by atoms with van der Waals surface area (Å²) in [5.41, 5.74) is 2.36. The van der Waals surface area contributed by atoms with Gasteiger partial charge in [0, 0.05) is 50.7 Å². The molecule has 8 nitrogen and oxygen atoms in total. The van der Waals surface area contributed by atoms with E-state index >= 15 is 0 Å². The highest BCUT2D eigenvalue weighted by Crippen LogP contribution is 2.49. The number of pyridine rings is 1. The second-order valence-corrected chi connectivity index (χ2v) is 11.6. The van der Waals surface area contributed by atoms with Gasteiger partial charge in [-0.15, -0.1) is 0 Å². The molecular weight excluding hydrogens is 466 g/mol. The molecule has 2 fully saturated rings. The van der Waals surface area contributed by atoms with Crippen LogP contribution in [0.3, 0.4) is 0 Å². The Morgan fingerprint density at radius 3 is 2.27 bits per heavy atom. The fraction of sp³-hybridized carbons (Fsp3) is 0.552. The molecule has 2 amide bonds. The van der Waals surface area contributed by atoms with E-state index in [1.807, 2.05) is 49.9 Å². The van der Waals surface area contributed by atoms with Crippen molar-refractivity contribution < 1.29 is 14.3 Å². The van der Waals surface area contributed by atoms with Gasteiger partial charge in [-0.05, 0) is 63.8 Å². The van der Waals surface area contributed by atoms with E-state index in [2.05, 4.69) is 35.3 Å². The van der Waals surface area contributed by atoms with Gasteiger partial charge in [-0.25, -0.2) is 9.78 Å². The van der Waals surface area contributed by atoms with Gasteiger partial charge in [0.05, 0.1) is 17.4 Å². The van der Waals surface area contributed by atoms with E-state index in [9.17, 15) is 9.59 Å². The molecule has 37 heavy (non-hydrogen) atoms. The molecule has 1 saturated carbocycles. The Morgan fingerprint density at radius 1 is 1.00 bits per heavy atom. The monoisotopic (exact) mass is 505 g/mol. The Morgan fingerprint density at radius 2 is 1.68 bits per heavy atom. The molecule has 0 radical (unpaired) electrons. The molecule has 1 aromatic heterocycles. The molecule has 1 aromatic carbocycles. The van der Waals surface area contributed by atoms with E-state index in [1.54, 1.807) is 11.8 Å². The van der Waals surface area contributed by atoms with Gasteiger partial charge in [0.25, 0.3) is 0 Å². The normalized spacial score (nSPS) is 23.9. The average Bonchev–Trinajstić information content (AvgIpc) is 3.70. The van der Waals surface area contributed by atoms with Gasteiger partial charge < -0.3 is 24.8 Å². The van der Waals surface area contributed by atoms with Crippen LogP contribution in [0.15, 0.2) is 42.5 Å². The highest BCUT2D eigenvalue weighted by molar-refractivity contribution is 5.94. The number of rotatable bonds is 4. The van der Waals surface area contributed by atoms with Gasteiger partial charge in [-0.1, -0.05) is 25.1 Å². The SMILES string of the molecule is CC(=O)N1c2ccc(N3CCN(C(=O)OC(C)(C)C)CC3)nc2[C@H](Nc2ccccc2)[C@@H](C)[C@@H]1C1CC1. The van der Waals surface area contributed by atoms with Crippen LogP contribution in [0.5, 0.6) is 0 Å². The number of benzene rings is 1. The highest BCUT2D eigenvalue weighted by Gasteiger charge is 2.48. The molecule has 3 heterocycles. The van der Waals surface area contributed by atoms with Crippen molar-refractivity contribution in [2.24, 2.45) is 11.8 Å². The van der Waals surface area contributed by atoms with Crippen LogP contribution in [-0.2, 0) is 9.53 Å². The van der Waals surface area contributed by atoms with Gasteiger partial charge in [0.15, 0.2) is 0 Å². The van der Waals surface area contributed by atoms with Crippen molar-refractivity contribution in [1.29, 1.82) is 0 Å². The van der Waals surface area contributed by atoms with Gasteiger partial charge in [0.2, 0.25) is 5.91 Å². The van der Waals surface area contributed by atoms with Crippen molar-refractivity contribution in [2.75, 3.05) is 41.3 Å². The fourth-order valence-electron chi connectivity index (χ4n) is 5.72. The van der Waals surface area contributed by atoms with E-state index in [0.29, 0.717) is 32.1 Å². The maximum absolute atomic E-state index is 12.9. The van der Waals surface area contributed by atoms with Gasteiger partial charge in [-0.3, -0.25) is 4.79 Å². The zero-order valence-corrected chi connectivity index (χ0v) is 22.6. The summed E-state index contributed by atoms with van der Waals surface area (Å²) in [5, 5.41) is 3.74. The second kappa shape index (κ2) is 9.88. The summed E-state index contributed by atoms with van der Waals surface area (Å²) in [6, 6.07) is 14.5. The maximum Gasteiger partial charge on any atom is 0.410 e. The van der Waals surface area contributed by atoms with Crippen LogP contribution in [-0.4, -0.2) is 59.7 Å². The molecule has 1 N–H and O–H groups in total. The third-order valence-corrected chi connectivity index (χ3v) is 7.60. The van der Waals surface area contributed by atoms with E-state index in [4.69, 9.17) is 9.72 Å². The lowest BCUT2D eigenvalue weighted by atomic mass is 9.82. The maximum atomic E-state index is 12.9. The predicted molar refractivity (Wildman–Crippen MR) is 146 cm³/mol. The molecule has 198 valence electrons. The Balaban J connectivity index is 1.42. The van der Waals surface area contributed by atoms with Crippen LogP contribution >= 0.6 is 0 Å². The molecule has 5 rings (SSSR count). The summed E-state index contributed by atoms with van der Waals surface area (Å²) >= 11 is 0. The van der Waals surface area contributed by atoms with Crippen LogP contribution in [0.4, 0.5) is 22.0 Å². The van der Waals surface area contributed by atoms with E-state index in [-0.39, 0.29) is 30.0 Å². The quantitative estimate of drug-likeness (QED) is 0.625. The number of piperazine rings is 1. The van der Waals surface area contributed by atoms with Gasteiger partial charge in [0.1, 0.15) is 11.4 Å². The molecule has 3 atom stereocenters. The minimum atomic E-state index is -0.507. The lowest BCUT2D eigenvalue weighted by Crippen LogP contribution is -2.52. The molecule has 0 bridgehead atoms. The Kier molecular flexibility index (Phi) is 6.77. The standard InChI is InChI=1S/C29H39N5O3/c1-19-25(30-22-9-7-6-8-10-22)26-23(34(20(2)35)27(19)21-11-12-21)13-14-24(31-26)32-15-17-33(18-16-32)28(36)37-29(3,4)5/h6-10,13-14,19,21,25,27,30H,11-12,15-18H2,1-5H3/t19-,25-,27-/m1/s1. The fourth-order valence-corrected chi connectivity index (χ4v) is 5.72. The predicted octanol–water partition coefficient (Wildman–Crippen LogP) is 5.07. The number of anilines is 3. The number of amides is 2. The van der Waals surface area contributed by atoms with Crippen molar-refractivity contribution in [3.05, 3.63) is 48.2 Å². The second-order valence-electron chi connectivity index (χ2n) is 11.6. The molecule has 3 aliphatic rings. The Hall–Kier alpha value is -3.29. The lowest BCUT2D eigenvalue weighted by Gasteiger charge is -2.45. The molecular formula is C29H39N5O3. The Labute approximate surface area is 220 Å². The molecule has 2 aromatic rings. The van der Waals surface area contributed by atoms with Crippen LogP contribution in [0.2, 0.25) is 0 Å². The molecule has 2 aliphatic heterocycles. The number of nitrogens with one attached hydrogen (secondary N) is 1. The van der Waals surface area contributed by atoms with E-state index in [0.717, 1.165) is 22.9 Å². The summed E-state index contributed by atoms with van der Waals surface area (Å²) in [4.78, 5) is 36.6. The zero-order chi connectivity index (χ0) is 26.3. The molecule has 0 unspecified atom stereocenters. The smallest absolute Gasteiger partial charge is 0.410 e. The number of para-hydroxylation sites is 1. The average molecular weight is 506 g/mol. The molecule has 1 saturated heterocycles. The number of hydrogen-bond donors (Lipinski definition) is 1. The van der Waals surface area contributed by atoms with Crippen molar-refractivity contribution in [1.82, 2.24) is 9.88 Å². The number of hydrogen-bond acceptors (Lipinski definition) is 6. The largest absolute Gasteiger partial charge is 0.444 e. The first-order chi connectivity index (χ1) is 17.6. The number of ether oxygens (including phenoxy) is 1. The Bertz CT molecular complexity index is 1140. The molecule has 1 aliphatic carbocycles. The number of carbonyl (C=O) groups excluding carboxylic acids is 2. The van der Waals surface area contributed by atoms with Crippen LogP contribution in [0.25, 0.3) is 0 Å². The minimum absolute atomic E-state index is 0.0124. The van der Waals surface area contributed by atoms with Crippen molar-refractivity contribution >= 4 is 29.2 Å². The molecule has 8 heteroatoms. The third-order valence-electron chi connectivity index (χ3n) is 7.60. The minimum Gasteiger partial charge on any atom is -0.444 e. The number of fused-ring (bicyclic) bond motifs is 1. The zero-order valence-electron chi connectivity index (χ0n) is 22.6. The van der Waals surface area contributed by atoms with Crippen molar-refractivity contribution in [3.63, 3.8) is 0 Å². The summed E-state index contributed by atoms with van der Waals surface area (Å²) in [7, 11) is 0. The summed E-state index contributed by atoms with van der Waals surface area (Å²) in [5.74, 6) is 1.69. The van der Waals surface area contributed by atoms with Crippen LogP contribution in [0, 0.1) is 11.8 Å². The topological polar surface area (TPSA) is 78.0 Å². The first kappa shape index (κ1) is 25.4. The highest BCUT2D eigenvalue weighted by atomic mass is 16.6. The van der Waals surface area contributed by atoms with Gasteiger partial charge >= 0.3 is 6.09 Å². The van der Waals surface area contributed by atoms with Gasteiger partial charge in [-0.2, -0.15) is 0 Å². The van der Waals surface area contributed by atoms with E-state index < -0.39 is 5.60 Å². The van der Waals surface area contributed by atoms with Crippen molar-refractivity contribution in [2.45, 2.75) is 65.1 Å². The number of aromatic nitrogens is 1. The lowest BCUT2D eigenvalue weighted by molar-refractivity contribution is -0.117. The first-order valence-corrected chi connectivity index (χ1v) is 13.5. The molecule has 0 spiro atoms. The summed E-state index contributed by atoms with van der Waals surface area (Å²) in [6.45, 7) is 12.1. The van der Waals surface area contributed by atoms with Crippen LogP contribution in [0.1, 0.15) is 59.2 Å². The van der Waals surface area contributed by atoms with Crippen molar-refractivity contribution in [3.8, 4) is 0 Å². The van der Waals surface area contributed by atoms with E-state index in [1.165, 1.54) is 12.8 Å². The first-order valence-electron chi connectivity index (χ1n) is 13.5. The van der Waals surface area contributed by atoms with Crippen LogP contribution < -0.4 is 15.1 Å². The number of carbonyl (C=O) groups is 2. The summed E-state index contributed by atoms with van der Waals surface area (Å²) in [6.07, 6.45) is 2.06.